The molecule has 0 heterocycles. The summed E-state index contributed by atoms with van der Waals surface area (Å²) < 4.78 is 16.8. The van der Waals surface area contributed by atoms with E-state index in [1.807, 2.05) is 6.08 Å². The van der Waals surface area contributed by atoms with E-state index in [1.165, 1.54) is 128 Å². The fraction of sp³-hybridized carbons (Fsp3) is 0.687. The van der Waals surface area contributed by atoms with Crippen molar-refractivity contribution in [2.75, 3.05) is 13.2 Å². The van der Waals surface area contributed by atoms with Gasteiger partial charge in [-0.3, -0.25) is 14.4 Å². The molecule has 0 amide bonds. The van der Waals surface area contributed by atoms with Crippen molar-refractivity contribution < 1.29 is 28.6 Å². The van der Waals surface area contributed by atoms with Crippen LogP contribution in [0.1, 0.15) is 278 Å². The molecule has 0 rings (SSSR count). The highest BCUT2D eigenvalue weighted by atomic mass is 16.6. The standard InChI is InChI=1S/C67H112O6/c1-4-7-10-13-16-19-22-25-27-29-30-31-32-33-34-35-36-38-39-42-45-48-51-54-57-60-66(69)72-63-64(62-71-65(68)59-56-53-50-47-44-41-24-21-18-15-12-9-6-3)73-67(70)61-58-55-52-49-46-43-40-37-28-26-23-20-17-14-11-8-5-2/h7,9-10,12,16,18-19,21,25,27,30-31,33-34,41,44,50,53,64H,4-6,8,11,13-15,17,20,22-24,26,28-29,32,35-40,42-43,45-49,51-52,54-63H2,1-3H3/b10-7-,12-9-,19-16-,21-18-,27-25-,31-30-,34-33-,44-41-,53-50-. The van der Waals surface area contributed by atoms with E-state index in [0.29, 0.717) is 19.3 Å². The molecule has 1 unspecified atom stereocenters. The molecule has 416 valence electrons. The Morgan fingerprint density at radius 3 is 0.918 bits per heavy atom. The highest BCUT2D eigenvalue weighted by Crippen LogP contribution is 2.16. The normalized spacial score (nSPS) is 12.9. The molecular weight excluding hydrogens is 901 g/mol. The fourth-order valence-corrected chi connectivity index (χ4v) is 8.31. The van der Waals surface area contributed by atoms with Crippen LogP contribution in [-0.2, 0) is 28.6 Å². The molecule has 1 atom stereocenters. The van der Waals surface area contributed by atoms with Crippen molar-refractivity contribution in [3.63, 3.8) is 0 Å². The van der Waals surface area contributed by atoms with Crippen LogP contribution in [0, 0.1) is 0 Å². The van der Waals surface area contributed by atoms with Crippen LogP contribution in [0.4, 0.5) is 0 Å². The highest BCUT2D eigenvalue weighted by molar-refractivity contribution is 5.71. The number of carbonyl (C=O) groups excluding carboxylic acids is 3. The van der Waals surface area contributed by atoms with Gasteiger partial charge >= 0.3 is 17.9 Å². The van der Waals surface area contributed by atoms with Crippen molar-refractivity contribution in [1.82, 2.24) is 0 Å². The largest absolute Gasteiger partial charge is 0.462 e. The average molecular weight is 1010 g/mol. The predicted octanol–water partition coefficient (Wildman–Crippen LogP) is 20.7. The van der Waals surface area contributed by atoms with Crippen molar-refractivity contribution in [1.29, 1.82) is 0 Å². The van der Waals surface area contributed by atoms with Crippen molar-refractivity contribution in [2.24, 2.45) is 0 Å². The molecule has 0 N–H and O–H groups in total. The van der Waals surface area contributed by atoms with E-state index in [1.54, 1.807) is 0 Å². The number of rotatable bonds is 54. The second-order valence-corrected chi connectivity index (χ2v) is 19.9. The van der Waals surface area contributed by atoms with Crippen molar-refractivity contribution in [3.8, 4) is 0 Å². The molecule has 0 aliphatic rings. The minimum absolute atomic E-state index is 0.102. The summed E-state index contributed by atoms with van der Waals surface area (Å²) in [5.41, 5.74) is 0. The molecule has 0 saturated carbocycles. The predicted molar refractivity (Wildman–Crippen MR) is 316 cm³/mol. The number of carbonyl (C=O) groups is 3. The summed E-state index contributed by atoms with van der Waals surface area (Å²) in [4.78, 5) is 38.2. The number of hydrogen-bond donors (Lipinski definition) is 0. The minimum Gasteiger partial charge on any atom is -0.462 e. The Labute approximate surface area is 450 Å². The number of unbranched alkanes of at least 4 members (excludes halogenated alkanes) is 25. The van der Waals surface area contributed by atoms with E-state index in [4.69, 9.17) is 14.2 Å². The van der Waals surface area contributed by atoms with E-state index in [0.717, 1.165) is 103 Å². The lowest BCUT2D eigenvalue weighted by molar-refractivity contribution is -0.166. The SMILES string of the molecule is CC/C=C\C/C=C\C/C=C\C/C=C\C/C=C\CCCCCCCCCCCC(=O)OCC(COC(=O)CC/C=C\C/C=C\C/C=C\C/C=C\CC)OC(=O)CCCCCCCCCCCCCCCCCCC. The lowest BCUT2D eigenvalue weighted by Gasteiger charge is -2.18. The Hall–Kier alpha value is -3.93. The van der Waals surface area contributed by atoms with Gasteiger partial charge in [-0.05, 0) is 89.9 Å². The zero-order chi connectivity index (χ0) is 52.9. The van der Waals surface area contributed by atoms with Gasteiger partial charge in [-0.25, -0.2) is 0 Å². The van der Waals surface area contributed by atoms with Gasteiger partial charge < -0.3 is 14.2 Å². The summed E-state index contributed by atoms with van der Waals surface area (Å²) in [6.07, 6.45) is 82.5. The Morgan fingerprint density at radius 1 is 0.288 bits per heavy atom. The summed E-state index contributed by atoms with van der Waals surface area (Å²) >= 11 is 0. The van der Waals surface area contributed by atoms with Gasteiger partial charge in [0.15, 0.2) is 6.10 Å². The monoisotopic (exact) mass is 1010 g/mol. The van der Waals surface area contributed by atoms with Crippen LogP contribution in [0.15, 0.2) is 109 Å². The summed E-state index contributed by atoms with van der Waals surface area (Å²) in [5.74, 6) is -0.986. The van der Waals surface area contributed by atoms with Crippen molar-refractivity contribution in [3.05, 3.63) is 109 Å². The first-order valence-electron chi connectivity index (χ1n) is 30.4. The van der Waals surface area contributed by atoms with Gasteiger partial charge in [0, 0.05) is 19.3 Å². The van der Waals surface area contributed by atoms with Crippen LogP contribution in [0.2, 0.25) is 0 Å². The van der Waals surface area contributed by atoms with E-state index >= 15 is 0 Å². The van der Waals surface area contributed by atoms with E-state index in [9.17, 15) is 14.4 Å². The molecular formula is C67H112O6. The molecule has 0 aliphatic carbocycles. The molecule has 0 aromatic heterocycles. The van der Waals surface area contributed by atoms with Crippen LogP contribution in [0.25, 0.3) is 0 Å². The number of allylic oxidation sites excluding steroid dienone is 18. The van der Waals surface area contributed by atoms with E-state index in [2.05, 4.69) is 124 Å². The lowest BCUT2D eigenvalue weighted by Crippen LogP contribution is -2.30. The summed E-state index contributed by atoms with van der Waals surface area (Å²) in [5, 5.41) is 0. The van der Waals surface area contributed by atoms with Crippen LogP contribution < -0.4 is 0 Å². The topological polar surface area (TPSA) is 78.9 Å². The molecule has 0 bridgehead atoms. The van der Waals surface area contributed by atoms with Gasteiger partial charge in [0.2, 0.25) is 0 Å². The number of esters is 3. The third-order valence-electron chi connectivity index (χ3n) is 12.8. The van der Waals surface area contributed by atoms with Gasteiger partial charge in [0.05, 0.1) is 0 Å². The molecule has 0 aromatic carbocycles. The van der Waals surface area contributed by atoms with Crippen LogP contribution in [0.3, 0.4) is 0 Å². The van der Waals surface area contributed by atoms with E-state index < -0.39 is 6.10 Å². The fourth-order valence-electron chi connectivity index (χ4n) is 8.31. The Morgan fingerprint density at radius 2 is 0.562 bits per heavy atom. The maximum Gasteiger partial charge on any atom is 0.306 e. The van der Waals surface area contributed by atoms with Crippen LogP contribution in [-0.4, -0.2) is 37.2 Å². The maximum atomic E-state index is 12.9. The van der Waals surface area contributed by atoms with Gasteiger partial charge in [0.25, 0.3) is 0 Å². The van der Waals surface area contributed by atoms with Gasteiger partial charge in [0.1, 0.15) is 13.2 Å². The zero-order valence-corrected chi connectivity index (χ0v) is 47.6. The number of ether oxygens (including phenoxy) is 3. The van der Waals surface area contributed by atoms with Crippen molar-refractivity contribution >= 4 is 17.9 Å². The Kier molecular flexibility index (Phi) is 57.4. The maximum absolute atomic E-state index is 12.9. The van der Waals surface area contributed by atoms with Gasteiger partial charge in [-0.15, -0.1) is 0 Å². The third-order valence-corrected chi connectivity index (χ3v) is 12.8. The minimum atomic E-state index is -0.810. The first kappa shape index (κ1) is 69.1. The second-order valence-electron chi connectivity index (χ2n) is 19.9. The van der Waals surface area contributed by atoms with Crippen molar-refractivity contribution in [2.45, 2.75) is 284 Å². The molecule has 0 saturated heterocycles. The molecule has 73 heavy (non-hydrogen) atoms. The van der Waals surface area contributed by atoms with Gasteiger partial charge in [-0.1, -0.05) is 278 Å². The molecule has 6 nitrogen and oxygen atoms in total. The first-order valence-corrected chi connectivity index (χ1v) is 30.4. The second kappa shape index (κ2) is 60.6. The van der Waals surface area contributed by atoms with Crippen LogP contribution >= 0.6 is 0 Å². The lowest BCUT2D eigenvalue weighted by atomic mass is 10.0. The smallest absolute Gasteiger partial charge is 0.306 e. The highest BCUT2D eigenvalue weighted by Gasteiger charge is 2.19. The Bertz CT molecular complexity index is 1490. The molecule has 0 aromatic rings. The molecule has 0 spiro atoms. The first-order chi connectivity index (χ1) is 36.0. The zero-order valence-electron chi connectivity index (χ0n) is 47.6. The molecule has 0 radical (unpaired) electrons. The molecule has 0 aliphatic heterocycles. The van der Waals surface area contributed by atoms with E-state index in [-0.39, 0.29) is 37.5 Å². The quantitative estimate of drug-likeness (QED) is 0.0261. The third kappa shape index (κ3) is 58.8. The summed E-state index contributed by atoms with van der Waals surface area (Å²) in [6.45, 7) is 6.36. The van der Waals surface area contributed by atoms with Gasteiger partial charge in [-0.2, -0.15) is 0 Å². The number of hydrogen-bond acceptors (Lipinski definition) is 6. The molecule has 0 fully saturated rings. The molecule has 6 heteroatoms. The van der Waals surface area contributed by atoms with Crippen LogP contribution in [0.5, 0.6) is 0 Å². The summed E-state index contributed by atoms with van der Waals surface area (Å²) in [6, 6.07) is 0. The average Bonchev–Trinajstić information content (AvgIpc) is 3.39. The summed E-state index contributed by atoms with van der Waals surface area (Å²) in [7, 11) is 0. The Balaban J connectivity index is 4.37.